The topological polar surface area (TPSA) is 66.2 Å². The van der Waals surface area contributed by atoms with Gasteiger partial charge in [-0.05, 0) is 44.5 Å². The van der Waals surface area contributed by atoms with Gasteiger partial charge >= 0.3 is 5.97 Å². The number of carbonyl (C=O) groups excluding carboxylic acids is 1. The van der Waals surface area contributed by atoms with Crippen molar-refractivity contribution in [1.82, 2.24) is 14.8 Å². The molecule has 0 amide bonds. The molecule has 2 rings (SSSR count). The maximum Gasteiger partial charge on any atom is 0.332 e. The van der Waals surface area contributed by atoms with Gasteiger partial charge in [0.15, 0.2) is 5.82 Å². The molecule has 0 spiro atoms. The molecule has 1 aromatic heterocycles. The van der Waals surface area contributed by atoms with Crippen LogP contribution in [0.3, 0.4) is 0 Å². The van der Waals surface area contributed by atoms with Gasteiger partial charge in [-0.2, -0.15) is 0 Å². The van der Waals surface area contributed by atoms with E-state index in [2.05, 4.69) is 10.1 Å². The van der Waals surface area contributed by atoms with Crippen LogP contribution in [0.15, 0.2) is 30.6 Å². The number of carbonyl (C=O) groups is 1. The molecule has 0 atom stereocenters. The number of aromatic nitrogens is 3. The summed E-state index contributed by atoms with van der Waals surface area (Å²) in [5, 5.41) is 4.30. The average molecular weight is 301 g/mol. The van der Waals surface area contributed by atoms with Crippen molar-refractivity contribution in [2.24, 2.45) is 0 Å². The average Bonchev–Trinajstić information content (AvgIpc) is 2.92. The molecule has 0 N–H and O–H groups in total. The Bertz CT molecular complexity index is 690. The molecule has 0 saturated heterocycles. The molecule has 0 aliphatic rings. The number of hydrogen-bond acceptors (Lipinski definition) is 5. The minimum atomic E-state index is -0.413. The van der Waals surface area contributed by atoms with E-state index in [4.69, 9.17) is 9.47 Å². The summed E-state index contributed by atoms with van der Waals surface area (Å²) < 4.78 is 11.7. The van der Waals surface area contributed by atoms with Gasteiger partial charge in [-0.25, -0.2) is 14.5 Å². The molecule has 2 aromatic rings. The highest BCUT2D eigenvalue weighted by Crippen LogP contribution is 2.23. The van der Waals surface area contributed by atoms with E-state index in [1.165, 1.54) is 23.3 Å². The van der Waals surface area contributed by atoms with Crippen molar-refractivity contribution in [3.8, 4) is 17.1 Å². The first-order valence-electron chi connectivity index (χ1n) is 6.94. The van der Waals surface area contributed by atoms with Gasteiger partial charge in [0.05, 0.1) is 13.2 Å². The third-order valence-corrected chi connectivity index (χ3v) is 2.77. The maximum atomic E-state index is 11.4. The maximum absolute atomic E-state index is 11.4. The Kier molecular flexibility index (Phi) is 4.93. The van der Waals surface area contributed by atoms with Crippen molar-refractivity contribution in [2.45, 2.75) is 26.9 Å². The summed E-state index contributed by atoms with van der Waals surface area (Å²) in [5.41, 5.74) is 1.91. The zero-order valence-electron chi connectivity index (χ0n) is 13.1. The van der Waals surface area contributed by atoms with Crippen LogP contribution < -0.4 is 4.74 Å². The van der Waals surface area contributed by atoms with Crippen LogP contribution in [0, 0.1) is 6.92 Å². The van der Waals surface area contributed by atoms with E-state index in [1.807, 2.05) is 25.1 Å². The molecule has 0 fully saturated rings. The SMILES string of the molecule is COc1cc(C)cc(-c2ncn(/C=C\C(=O)OC(C)C)n2)c1. The Morgan fingerprint density at radius 3 is 2.77 bits per heavy atom. The number of rotatable bonds is 5. The predicted octanol–water partition coefficient (Wildman–Crippen LogP) is 2.68. The molecular weight excluding hydrogens is 282 g/mol. The van der Waals surface area contributed by atoms with E-state index in [0.717, 1.165) is 16.9 Å². The minimum Gasteiger partial charge on any atom is -0.497 e. The van der Waals surface area contributed by atoms with Crippen molar-refractivity contribution in [2.75, 3.05) is 7.11 Å². The lowest BCUT2D eigenvalue weighted by Crippen LogP contribution is -2.08. The number of methoxy groups -OCH3 is 1. The lowest BCUT2D eigenvalue weighted by Gasteiger charge is -2.04. The molecule has 1 heterocycles. The Hall–Kier alpha value is -2.63. The Balaban J connectivity index is 2.16. The number of aryl methyl sites for hydroxylation is 1. The van der Waals surface area contributed by atoms with Crippen LogP contribution in [-0.2, 0) is 9.53 Å². The third kappa shape index (κ3) is 4.18. The van der Waals surface area contributed by atoms with E-state index in [9.17, 15) is 4.79 Å². The molecule has 0 bridgehead atoms. The van der Waals surface area contributed by atoms with Crippen LogP contribution >= 0.6 is 0 Å². The summed E-state index contributed by atoms with van der Waals surface area (Å²) in [6.45, 7) is 5.57. The first-order chi connectivity index (χ1) is 10.5. The van der Waals surface area contributed by atoms with Gasteiger partial charge in [-0.15, -0.1) is 5.10 Å². The lowest BCUT2D eigenvalue weighted by atomic mass is 10.1. The molecule has 6 heteroatoms. The standard InChI is InChI=1S/C16H19N3O3/c1-11(2)22-15(20)5-6-19-10-17-16(18-19)13-7-12(3)8-14(9-13)21-4/h5-11H,1-4H3/b6-5-. The molecule has 22 heavy (non-hydrogen) atoms. The third-order valence-electron chi connectivity index (χ3n) is 2.77. The Morgan fingerprint density at radius 1 is 1.32 bits per heavy atom. The second kappa shape index (κ2) is 6.89. The lowest BCUT2D eigenvalue weighted by molar-refractivity contribution is -0.141. The van der Waals surface area contributed by atoms with Crippen LogP contribution in [0.1, 0.15) is 19.4 Å². The highest BCUT2D eigenvalue weighted by Gasteiger charge is 2.07. The summed E-state index contributed by atoms with van der Waals surface area (Å²) in [5.74, 6) is 0.899. The fraction of sp³-hybridized carbons (Fsp3) is 0.312. The van der Waals surface area contributed by atoms with Gasteiger partial charge in [0, 0.05) is 17.8 Å². The molecule has 1 aromatic carbocycles. The first kappa shape index (κ1) is 15.8. The van der Waals surface area contributed by atoms with Gasteiger partial charge in [0.25, 0.3) is 0 Å². The zero-order valence-corrected chi connectivity index (χ0v) is 13.1. The molecule has 0 aliphatic heterocycles. The van der Waals surface area contributed by atoms with Crippen molar-refractivity contribution in [3.63, 3.8) is 0 Å². The van der Waals surface area contributed by atoms with Gasteiger partial charge in [-0.3, -0.25) is 0 Å². The van der Waals surface area contributed by atoms with Crippen LogP contribution in [0.4, 0.5) is 0 Å². The number of esters is 1. The number of nitrogens with zero attached hydrogens (tertiary/aromatic N) is 3. The van der Waals surface area contributed by atoms with Crippen LogP contribution in [0.5, 0.6) is 5.75 Å². The smallest absolute Gasteiger partial charge is 0.332 e. The molecule has 6 nitrogen and oxygen atoms in total. The summed E-state index contributed by atoms with van der Waals surface area (Å²) in [7, 11) is 1.62. The van der Waals surface area contributed by atoms with Crippen LogP contribution in [0.25, 0.3) is 17.6 Å². The largest absolute Gasteiger partial charge is 0.497 e. The van der Waals surface area contributed by atoms with Crippen molar-refractivity contribution in [1.29, 1.82) is 0 Å². The molecule has 116 valence electrons. The second-order valence-corrected chi connectivity index (χ2v) is 5.09. The van der Waals surface area contributed by atoms with Crippen molar-refractivity contribution in [3.05, 3.63) is 36.2 Å². The molecule has 0 saturated carbocycles. The predicted molar refractivity (Wildman–Crippen MR) is 83.3 cm³/mol. The monoisotopic (exact) mass is 301 g/mol. The minimum absolute atomic E-state index is 0.150. The van der Waals surface area contributed by atoms with E-state index in [1.54, 1.807) is 21.0 Å². The summed E-state index contributed by atoms with van der Waals surface area (Å²) in [6.07, 6.45) is 4.20. The quantitative estimate of drug-likeness (QED) is 0.627. The molecule has 0 unspecified atom stereocenters. The molecule has 0 radical (unpaired) electrons. The normalized spacial score (nSPS) is 11.1. The highest BCUT2D eigenvalue weighted by molar-refractivity contribution is 5.85. The van der Waals surface area contributed by atoms with E-state index in [-0.39, 0.29) is 6.10 Å². The Labute approximate surface area is 129 Å². The summed E-state index contributed by atoms with van der Waals surface area (Å²) >= 11 is 0. The van der Waals surface area contributed by atoms with Gasteiger partial charge in [0.2, 0.25) is 0 Å². The van der Waals surface area contributed by atoms with Crippen LogP contribution in [0.2, 0.25) is 0 Å². The fourth-order valence-electron chi connectivity index (χ4n) is 1.88. The van der Waals surface area contributed by atoms with E-state index in [0.29, 0.717) is 5.82 Å². The van der Waals surface area contributed by atoms with Crippen molar-refractivity contribution < 1.29 is 14.3 Å². The number of benzene rings is 1. The second-order valence-electron chi connectivity index (χ2n) is 5.09. The van der Waals surface area contributed by atoms with Gasteiger partial charge < -0.3 is 9.47 Å². The number of ether oxygens (including phenoxy) is 2. The fourth-order valence-corrected chi connectivity index (χ4v) is 1.88. The van der Waals surface area contributed by atoms with Crippen molar-refractivity contribution >= 4 is 12.2 Å². The van der Waals surface area contributed by atoms with Gasteiger partial charge in [-0.1, -0.05) is 0 Å². The van der Waals surface area contributed by atoms with E-state index >= 15 is 0 Å². The van der Waals surface area contributed by atoms with E-state index < -0.39 is 5.97 Å². The van der Waals surface area contributed by atoms with Crippen LogP contribution in [-0.4, -0.2) is 33.9 Å². The Morgan fingerprint density at radius 2 is 2.09 bits per heavy atom. The summed E-state index contributed by atoms with van der Waals surface area (Å²) in [6, 6.07) is 5.77. The molecule has 0 aliphatic carbocycles. The first-order valence-corrected chi connectivity index (χ1v) is 6.94. The summed E-state index contributed by atoms with van der Waals surface area (Å²) in [4.78, 5) is 15.7. The molecular formula is C16H19N3O3. The zero-order chi connectivity index (χ0) is 16.1. The number of hydrogen-bond donors (Lipinski definition) is 0. The highest BCUT2D eigenvalue weighted by atomic mass is 16.5. The van der Waals surface area contributed by atoms with Gasteiger partial charge in [0.1, 0.15) is 12.1 Å².